The predicted molar refractivity (Wildman–Crippen MR) is 78.0 cm³/mol. The van der Waals surface area contributed by atoms with Crippen LogP contribution >= 0.6 is 11.3 Å². The van der Waals surface area contributed by atoms with Crippen LogP contribution in [0.3, 0.4) is 0 Å². The lowest BCUT2D eigenvalue weighted by molar-refractivity contribution is 0.160. The summed E-state index contributed by atoms with van der Waals surface area (Å²) in [4.78, 5) is 4.03. The molecule has 2 fully saturated rings. The molecule has 0 bridgehead atoms. The number of rotatable bonds is 4. The highest BCUT2D eigenvalue weighted by molar-refractivity contribution is 7.10. The summed E-state index contributed by atoms with van der Waals surface area (Å²) >= 11 is 1.92. The summed E-state index contributed by atoms with van der Waals surface area (Å²) in [5.74, 6) is 0.901. The second-order valence-corrected chi connectivity index (χ2v) is 7.03. The van der Waals surface area contributed by atoms with E-state index in [1.54, 1.807) is 4.88 Å². The maximum absolute atomic E-state index is 3.96. The Hall–Kier alpha value is -0.380. The molecule has 18 heavy (non-hydrogen) atoms. The first-order valence-corrected chi connectivity index (χ1v) is 8.11. The van der Waals surface area contributed by atoms with E-state index >= 15 is 0 Å². The van der Waals surface area contributed by atoms with Crippen LogP contribution in [0.15, 0.2) is 17.5 Å². The zero-order valence-corrected chi connectivity index (χ0v) is 12.2. The van der Waals surface area contributed by atoms with Crippen LogP contribution in [-0.2, 0) is 0 Å². The molecule has 1 saturated carbocycles. The Labute approximate surface area is 114 Å². The standard InChI is InChI=1S/C15H24N2S/c1-11-10-13(7-8-17(11)2)16-15(12-5-6-12)14-4-3-9-18-14/h3-4,9,11-13,15-16H,5-8,10H2,1-2H3. The minimum absolute atomic E-state index is 0.630. The first-order valence-electron chi connectivity index (χ1n) is 7.23. The molecule has 100 valence electrons. The SMILES string of the molecule is CC1CC(NC(c2cccs2)C2CC2)CCN1C. The Balaban J connectivity index is 1.63. The predicted octanol–water partition coefficient (Wildman–Crippen LogP) is 3.27. The third-order valence-corrected chi connectivity index (χ3v) is 5.52. The van der Waals surface area contributed by atoms with Gasteiger partial charge in [-0.1, -0.05) is 6.07 Å². The van der Waals surface area contributed by atoms with E-state index < -0.39 is 0 Å². The first-order chi connectivity index (χ1) is 8.74. The summed E-state index contributed by atoms with van der Waals surface area (Å²) in [5, 5.41) is 6.17. The molecule has 0 spiro atoms. The van der Waals surface area contributed by atoms with Crippen molar-refractivity contribution in [2.24, 2.45) is 5.92 Å². The van der Waals surface area contributed by atoms with Gasteiger partial charge in [-0.15, -0.1) is 11.3 Å². The summed E-state index contributed by atoms with van der Waals surface area (Å²) in [7, 11) is 2.25. The lowest BCUT2D eigenvalue weighted by atomic mass is 9.97. The molecular weight excluding hydrogens is 240 g/mol. The van der Waals surface area contributed by atoms with Crippen molar-refractivity contribution in [3.8, 4) is 0 Å². The number of hydrogen-bond acceptors (Lipinski definition) is 3. The molecule has 0 amide bonds. The number of thiophene rings is 1. The molecule has 3 rings (SSSR count). The lowest BCUT2D eigenvalue weighted by Crippen LogP contribution is -2.46. The molecule has 3 atom stereocenters. The van der Waals surface area contributed by atoms with E-state index in [-0.39, 0.29) is 0 Å². The van der Waals surface area contributed by atoms with Gasteiger partial charge in [-0.2, -0.15) is 0 Å². The van der Waals surface area contributed by atoms with Crippen molar-refractivity contribution < 1.29 is 0 Å². The molecule has 1 aliphatic carbocycles. The van der Waals surface area contributed by atoms with E-state index in [9.17, 15) is 0 Å². The number of likely N-dealkylation sites (tertiary alicyclic amines) is 1. The highest BCUT2D eigenvalue weighted by atomic mass is 32.1. The summed E-state index contributed by atoms with van der Waals surface area (Å²) < 4.78 is 0. The first kappa shape index (κ1) is 12.6. The molecule has 1 N–H and O–H groups in total. The van der Waals surface area contributed by atoms with Crippen LogP contribution < -0.4 is 5.32 Å². The van der Waals surface area contributed by atoms with E-state index in [0.717, 1.165) is 12.0 Å². The molecule has 3 unspecified atom stereocenters. The van der Waals surface area contributed by atoms with Gasteiger partial charge in [0.15, 0.2) is 0 Å². The Bertz CT molecular complexity index is 372. The lowest BCUT2D eigenvalue weighted by Gasteiger charge is -2.37. The quantitative estimate of drug-likeness (QED) is 0.898. The van der Waals surface area contributed by atoms with Crippen LogP contribution in [0.2, 0.25) is 0 Å². The minimum Gasteiger partial charge on any atom is -0.306 e. The molecule has 3 heteroatoms. The van der Waals surface area contributed by atoms with E-state index in [0.29, 0.717) is 12.1 Å². The topological polar surface area (TPSA) is 15.3 Å². The molecule has 0 radical (unpaired) electrons. The molecule has 0 aromatic carbocycles. The van der Waals surface area contributed by atoms with Gasteiger partial charge in [-0.3, -0.25) is 0 Å². The third-order valence-electron chi connectivity index (χ3n) is 4.57. The second kappa shape index (κ2) is 5.32. The fraction of sp³-hybridized carbons (Fsp3) is 0.733. The van der Waals surface area contributed by atoms with Crippen LogP contribution in [0, 0.1) is 5.92 Å². The zero-order valence-electron chi connectivity index (χ0n) is 11.4. The summed E-state index contributed by atoms with van der Waals surface area (Å²) in [6, 6.07) is 6.56. The van der Waals surface area contributed by atoms with Crippen molar-refractivity contribution in [2.75, 3.05) is 13.6 Å². The molecule has 2 aliphatic rings. The smallest absolute Gasteiger partial charge is 0.0445 e. The van der Waals surface area contributed by atoms with Crippen LogP contribution in [0.5, 0.6) is 0 Å². The second-order valence-electron chi connectivity index (χ2n) is 6.05. The van der Waals surface area contributed by atoms with Gasteiger partial charge in [0, 0.05) is 23.0 Å². The van der Waals surface area contributed by atoms with Crippen molar-refractivity contribution in [3.05, 3.63) is 22.4 Å². The van der Waals surface area contributed by atoms with Gasteiger partial charge in [-0.05, 0) is 63.6 Å². The highest BCUT2D eigenvalue weighted by Crippen LogP contribution is 2.43. The van der Waals surface area contributed by atoms with Crippen molar-refractivity contribution in [2.45, 2.75) is 50.7 Å². The zero-order chi connectivity index (χ0) is 12.5. The molecular formula is C15H24N2S. The Morgan fingerprint density at radius 2 is 2.22 bits per heavy atom. The summed E-state index contributed by atoms with van der Waals surface area (Å²) in [6.07, 6.45) is 5.43. The van der Waals surface area contributed by atoms with Crippen molar-refractivity contribution in [3.63, 3.8) is 0 Å². The van der Waals surface area contributed by atoms with Gasteiger partial charge in [0.25, 0.3) is 0 Å². The number of nitrogens with zero attached hydrogens (tertiary/aromatic N) is 1. The number of piperidine rings is 1. The Kier molecular flexibility index (Phi) is 3.73. The van der Waals surface area contributed by atoms with Gasteiger partial charge in [0.1, 0.15) is 0 Å². The fourth-order valence-corrected chi connectivity index (χ4v) is 3.92. The maximum Gasteiger partial charge on any atom is 0.0445 e. The molecule has 2 nitrogen and oxygen atoms in total. The monoisotopic (exact) mass is 264 g/mol. The summed E-state index contributed by atoms with van der Waals surface area (Å²) in [5.41, 5.74) is 0. The van der Waals surface area contributed by atoms with Crippen molar-refractivity contribution in [1.82, 2.24) is 10.2 Å². The number of hydrogen-bond donors (Lipinski definition) is 1. The average Bonchev–Trinajstić information content (AvgIpc) is 3.05. The molecule has 1 aromatic heterocycles. The van der Waals surface area contributed by atoms with Gasteiger partial charge < -0.3 is 10.2 Å². The molecule has 2 heterocycles. The fourth-order valence-electron chi connectivity index (χ4n) is 3.04. The minimum atomic E-state index is 0.630. The van der Waals surface area contributed by atoms with Gasteiger partial charge in [0.2, 0.25) is 0 Å². The summed E-state index contributed by atoms with van der Waals surface area (Å²) in [6.45, 7) is 3.59. The Morgan fingerprint density at radius 1 is 1.39 bits per heavy atom. The van der Waals surface area contributed by atoms with Gasteiger partial charge in [0.05, 0.1) is 0 Å². The van der Waals surface area contributed by atoms with Crippen LogP contribution in [0.1, 0.15) is 43.5 Å². The molecule has 1 aromatic rings. The molecule has 1 saturated heterocycles. The van der Waals surface area contributed by atoms with E-state index in [2.05, 4.69) is 41.7 Å². The van der Waals surface area contributed by atoms with E-state index in [4.69, 9.17) is 0 Å². The normalized spacial score (nSPS) is 31.4. The van der Waals surface area contributed by atoms with Crippen LogP contribution in [-0.4, -0.2) is 30.6 Å². The van der Waals surface area contributed by atoms with Gasteiger partial charge in [-0.25, -0.2) is 0 Å². The highest BCUT2D eigenvalue weighted by Gasteiger charge is 2.35. The van der Waals surface area contributed by atoms with Crippen molar-refractivity contribution in [1.29, 1.82) is 0 Å². The average molecular weight is 264 g/mol. The third kappa shape index (κ3) is 2.79. The van der Waals surface area contributed by atoms with Crippen LogP contribution in [0.25, 0.3) is 0 Å². The van der Waals surface area contributed by atoms with Crippen molar-refractivity contribution >= 4 is 11.3 Å². The number of nitrogens with one attached hydrogen (secondary N) is 1. The maximum atomic E-state index is 3.96. The van der Waals surface area contributed by atoms with Crippen LogP contribution in [0.4, 0.5) is 0 Å². The Morgan fingerprint density at radius 3 is 2.83 bits per heavy atom. The van der Waals surface area contributed by atoms with Gasteiger partial charge >= 0.3 is 0 Å². The molecule has 1 aliphatic heterocycles. The largest absolute Gasteiger partial charge is 0.306 e. The van der Waals surface area contributed by atoms with E-state index in [1.165, 1.54) is 32.2 Å². The van der Waals surface area contributed by atoms with E-state index in [1.807, 2.05) is 11.3 Å².